The highest BCUT2D eigenvalue weighted by Crippen LogP contribution is 2.50. The average Bonchev–Trinajstić information content (AvgIpc) is 3.53. The van der Waals surface area contributed by atoms with Crippen LogP contribution in [0.1, 0.15) is 41.3 Å². The van der Waals surface area contributed by atoms with Crippen LogP contribution in [0.4, 0.5) is 5.69 Å². The first kappa shape index (κ1) is 21.3. The Labute approximate surface area is 199 Å². The molecule has 3 saturated heterocycles. The first-order valence-electron chi connectivity index (χ1n) is 12.1. The van der Waals surface area contributed by atoms with E-state index < -0.39 is 17.9 Å². The second-order valence-electron chi connectivity index (χ2n) is 9.92. The summed E-state index contributed by atoms with van der Waals surface area (Å²) in [5.41, 5.74) is 4.74. The summed E-state index contributed by atoms with van der Waals surface area (Å²) in [6.07, 6.45) is 3.76. The maximum Gasteiger partial charge on any atom is 0.235 e. The largest absolute Gasteiger partial charge is 0.376 e. The third-order valence-electron chi connectivity index (χ3n) is 7.83. The molecule has 6 rings (SSSR count). The van der Waals surface area contributed by atoms with E-state index in [4.69, 9.17) is 4.74 Å². The minimum atomic E-state index is -0.728. The Morgan fingerprint density at radius 2 is 1.79 bits per heavy atom. The van der Waals surface area contributed by atoms with Crippen molar-refractivity contribution in [2.75, 3.05) is 18.1 Å². The topological polar surface area (TPSA) is 66.9 Å². The number of fused-ring (bicyclic) bond motifs is 5. The molecule has 0 unspecified atom stereocenters. The molecule has 0 spiro atoms. The molecule has 34 heavy (non-hydrogen) atoms. The van der Waals surface area contributed by atoms with Crippen molar-refractivity contribution in [3.63, 3.8) is 0 Å². The van der Waals surface area contributed by atoms with Gasteiger partial charge in [0.2, 0.25) is 11.8 Å². The van der Waals surface area contributed by atoms with Gasteiger partial charge >= 0.3 is 0 Å². The van der Waals surface area contributed by atoms with Crippen LogP contribution in [0.2, 0.25) is 0 Å². The Balaban J connectivity index is 1.46. The van der Waals surface area contributed by atoms with Crippen LogP contribution in [0.15, 0.2) is 54.6 Å². The smallest absolute Gasteiger partial charge is 0.235 e. The van der Waals surface area contributed by atoms with Gasteiger partial charge in [-0.2, -0.15) is 0 Å². The van der Waals surface area contributed by atoms with Crippen molar-refractivity contribution in [1.82, 2.24) is 4.90 Å². The second kappa shape index (κ2) is 7.91. The molecule has 5 atom stereocenters. The summed E-state index contributed by atoms with van der Waals surface area (Å²) >= 11 is 0. The van der Waals surface area contributed by atoms with Crippen molar-refractivity contribution in [3.05, 3.63) is 71.3 Å². The molecule has 3 fully saturated rings. The van der Waals surface area contributed by atoms with Crippen molar-refractivity contribution in [2.24, 2.45) is 11.8 Å². The normalized spacial score (nSPS) is 29.7. The average molecular weight is 457 g/mol. The third-order valence-corrected chi connectivity index (χ3v) is 7.83. The van der Waals surface area contributed by atoms with Crippen LogP contribution in [0.5, 0.6) is 0 Å². The molecule has 2 aromatic rings. The van der Waals surface area contributed by atoms with Gasteiger partial charge in [0.15, 0.2) is 5.78 Å². The maximum atomic E-state index is 13.9. The molecule has 6 heteroatoms. The van der Waals surface area contributed by atoms with Gasteiger partial charge in [0.05, 0.1) is 30.5 Å². The molecule has 0 bridgehead atoms. The summed E-state index contributed by atoms with van der Waals surface area (Å²) in [5.74, 6) is -1.81. The zero-order chi connectivity index (χ0) is 23.6. The zero-order valence-electron chi connectivity index (χ0n) is 19.4. The summed E-state index contributed by atoms with van der Waals surface area (Å²) < 4.78 is 5.72. The van der Waals surface area contributed by atoms with Crippen molar-refractivity contribution in [3.8, 4) is 0 Å². The fourth-order valence-corrected chi connectivity index (χ4v) is 6.26. The number of aryl methyl sites for hydroxylation is 1. The number of hydrogen-bond acceptors (Lipinski definition) is 5. The molecule has 4 aliphatic heterocycles. The molecular weight excluding hydrogens is 428 g/mol. The summed E-state index contributed by atoms with van der Waals surface area (Å²) in [5, 5.41) is 0. The number of ether oxygens (including phenoxy) is 1. The number of benzene rings is 2. The Bertz CT molecular complexity index is 1210. The van der Waals surface area contributed by atoms with E-state index in [2.05, 4.69) is 12.1 Å². The molecule has 4 heterocycles. The molecular formula is C28H28N2O4. The van der Waals surface area contributed by atoms with E-state index >= 15 is 0 Å². The lowest BCUT2D eigenvalue weighted by molar-refractivity contribution is -0.142. The van der Waals surface area contributed by atoms with Crippen LogP contribution in [-0.4, -0.2) is 53.8 Å². The molecule has 6 nitrogen and oxygen atoms in total. The van der Waals surface area contributed by atoms with Gasteiger partial charge in [-0.3, -0.25) is 19.3 Å². The number of carbonyl (C=O) groups is 3. The second-order valence-corrected chi connectivity index (χ2v) is 9.92. The van der Waals surface area contributed by atoms with Crippen LogP contribution in [0, 0.1) is 18.8 Å². The highest BCUT2D eigenvalue weighted by Gasteiger charge is 2.64. The fraction of sp³-hybridized carbons (Fsp3) is 0.393. The van der Waals surface area contributed by atoms with Gasteiger partial charge in [-0.15, -0.1) is 0 Å². The number of allylic oxidation sites excluding steroid dienone is 1. The van der Waals surface area contributed by atoms with Crippen molar-refractivity contribution >= 4 is 28.9 Å². The minimum Gasteiger partial charge on any atom is -0.376 e. The highest BCUT2D eigenvalue weighted by atomic mass is 16.5. The Morgan fingerprint density at radius 1 is 1.03 bits per heavy atom. The van der Waals surface area contributed by atoms with Crippen molar-refractivity contribution in [2.45, 2.75) is 44.9 Å². The van der Waals surface area contributed by atoms with Crippen molar-refractivity contribution in [1.29, 1.82) is 0 Å². The monoisotopic (exact) mass is 456 g/mol. The molecule has 0 N–H and O–H groups in total. The SMILES string of the molecule is CC1=C[C@@H]2[C@@H]3C(=O)N(C[C@@H]4CCCO4)C(=O)[C@@H]3[C@@H](C(=O)c3ccccc3)N2c2ccc(C)cc21. The fourth-order valence-electron chi connectivity index (χ4n) is 6.26. The van der Waals surface area contributed by atoms with Gasteiger partial charge in [-0.25, -0.2) is 0 Å². The first-order chi connectivity index (χ1) is 16.5. The molecule has 174 valence electrons. The maximum absolute atomic E-state index is 13.9. The molecule has 0 radical (unpaired) electrons. The summed E-state index contributed by atoms with van der Waals surface area (Å²) in [4.78, 5) is 44.8. The van der Waals surface area contributed by atoms with Gasteiger partial charge in [0.1, 0.15) is 6.04 Å². The van der Waals surface area contributed by atoms with E-state index in [0.717, 1.165) is 35.2 Å². The van der Waals surface area contributed by atoms with Gasteiger partial charge in [-0.1, -0.05) is 48.0 Å². The lowest BCUT2D eigenvalue weighted by Crippen LogP contribution is -2.49. The van der Waals surface area contributed by atoms with Crippen LogP contribution in [-0.2, 0) is 14.3 Å². The Kier molecular flexibility index (Phi) is 4.96. The Morgan fingerprint density at radius 3 is 2.53 bits per heavy atom. The number of ketones is 1. The van der Waals surface area contributed by atoms with E-state index in [-0.39, 0.29) is 36.3 Å². The Hall–Kier alpha value is -3.25. The van der Waals surface area contributed by atoms with Crippen LogP contribution in [0.25, 0.3) is 5.57 Å². The molecule has 0 saturated carbocycles. The predicted molar refractivity (Wildman–Crippen MR) is 128 cm³/mol. The third kappa shape index (κ3) is 3.08. The number of amides is 2. The molecule has 0 aliphatic carbocycles. The lowest BCUT2D eigenvalue weighted by Gasteiger charge is -2.38. The molecule has 2 aromatic carbocycles. The first-order valence-corrected chi connectivity index (χ1v) is 12.1. The summed E-state index contributed by atoms with van der Waals surface area (Å²) in [6, 6.07) is 14.2. The van der Waals surface area contributed by atoms with Crippen molar-refractivity contribution < 1.29 is 19.1 Å². The number of rotatable bonds is 4. The standard InChI is InChI=1S/C28H28N2O4/c1-16-10-11-21-20(13-16)17(2)14-22-23-24(25(30(21)22)26(31)18-7-4-3-5-8-18)28(33)29(27(23)32)15-19-9-6-12-34-19/h3-5,7-8,10-11,13-14,19,22-25H,6,9,12,15H2,1-2H3/t19-,22+,23-,24-,25-/m0/s1. The number of hydrogen-bond donors (Lipinski definition) is 0. The van der Waals surface area contributed by atoms with E-state index in [0.29, 0.717) is 12.2 Å². The van der Waals surface area contributed by atoms with Crippen LogP contribution >= 0.6 is 0 Å². The van der Waals surface area contributed by atoms with E-state index in [1.54, 1.807) is 12.1 Å². The van der Waals surface area contributed by atoms with Crippen LogP contribution < -0.4 is 4.90 Å². The van der Waals surface area contributed by atoms with E-state index in [1.807, 2.05) is 49.1 Å². The van der Waals surface area contributed by atoms with Gasteiger partial charge in [0.25, 0.3) is 0 Å². The highest BCUT2D eigenvalue weighted by molar-refractivity contribution is 6.14. The predicted octanol–water partition coefficient (Wildman–Crippen LogP) is 3.63. The summed E-state index contributed by atoms with van der Waals surface area (Å²) in [7, 11) is 0. The van der Waals surface area contributed by atoms with Gasteiger partial charge in [-0.05, 0) is 44.4 Å². The number of carbonyl (C=O) groups excluding carboxylic acids is 3. The lowest BCUT2D eigenvalue weighted by atomic mass is 9.85. The zero-order valence-corrected chi connectivity index (χ0v) is 19.4. The molecule has 0 aromatic heterocycles. The quantitative estimate of drug-likeness (QED) is 0.519. The number of imide groups is 1. The number of Topliss-reactive ketones (excluding diaryl/α,β-unsaturated/α-hetero) is 1. The summed E-state index contributed by atoms with van der Waals surface area (Å²) in [6.45, 7) is 5.03. The number of anilines is 1. The molecule has 4 aliphatic rings. The van der Waals surface area contributed by atoms with Crippen LogP contribution in [0.3, 0.4) is 0 Å². The van der Waals surface area contributed by atoms with E-state index in [1.165, 1.54) is 4.90 Å². The van der Waals surface area contributed by atoms with Gasteiger partial charge < -0.3 is 9.64 Å². The number of nitrogens with zero attached hydrogens (tertiary/aromatic N) is 2. The van der Waals surface area contributed by atoms with E-state index in [9.17, 15) is 14.4 Å². The van der Waals surface area contributed by atoms with Gasteiger partial charge in [0, 0.05) is 23.4 Å². The molecule has 2 amide bonds. The minimum absolute atomic E-state index is 0.113. The number of likely N-dealkylation sites (tertiary alicyclic amines) is 1.